The van der Waals surface area contributed by atoms with Crippen LogP contribution in [0.15, 0.2) is 40.9 Å². The molecule has 0 saturated carbocycles. The molecule has 2 rings (SSSR count). The van der Waals surface area contributed by atoms with Crippen LogP contribution in [-0.2, 0) is 13.1 Å². The van der Waals surface area contributed by atoms with Crippen LogP contribution < -0.4 is 5.32 Å². The summed E-state index contributed by atoms with van der Waals surface area (Å²) in [6, 6.07) is 11.4. The maximum atomic E-state index is 11.8. The van der Waals surface area contributed by atoms with Crippen LogP contribution in [0.3, 0.4) is 0 Å². The molecule has 2 aromatic rings. The Bertz CT molecular complexity index is 598. The number of aliphatic hydroxyl groups excluding tert-OH is 1. The summed E-state index contributed by atoms with van der Waals surface area (Å²) >= 11 is 0. The van der Waals surface area contributed by atoms with Crippen molar-refractivity contribution in [1.82, 2.24) is 15.4 Å². The van der Waals surface area contributed by atoms with E-state index in [9.17, 15) is 4.79 Å². The fraction of sp³-hybridized carbons (Fsp3) is 0.375. The van der Waals surface area contributed by atoms with Gasteiger partial charge in [0, 0.05) is 18.7 Å². The lowest BCUT2D eigenvalue weighted by Gasteiger charge is -2.14. The van der Waals surface area contributed by atoms with Crippen molar-refractivity contribution < 1.29 is 14.4 Å². The lowest BCUT2D eigenvalue weighted by atomic mass is 10.2. The number of carbonyl (C=O) groups excluding carboxylic acids is 1. The van der Waals surface area contributed by atoms with Gasteiger partial charge in [-0.25, -0.2) is 0 Å². The van der Waals surface area contributed by atoms with Gasteiger partial charge in [-0.15, -0.1) is 0 Å². The van der Waals surface area contributed by atoms with E-state index in [1.165, 1.54) is 5.56 Å². The molecule has 1 atom stereocenters. The highest BCUT2D eigenvalue weighted by Crippen LogP contribution is 2.10. The summed E-state index contributed by atoms with van der Waals surface area (Å²) in [7, 11) is 1.98. The Kier molecular flexibility index (Phi) is 5.68. The number of nitrogens with zero attached hydrogens (tertiary/aromatic N) is 2. The summed E-state index contributed by atoms with van der Waals surface area (Å²) in [5, 5.41) is 15.3. The highest BCUT2D eigenvalue weighted by atomic mass is 16.5. The van der Waals surface area contributed by atoms with Crippen molar-refractivity contribution in [2.24, 2.45) is 0 Å². The highest BCUT2D eigenvalue weighted by Gasteiger charge is 2.15. The Hall–Kier alpha value is -2.18. The Balaban J connectivity index is 1.90. The molecule has 0 aliphatic carbocycles. The lowest BCUT2D eigenvalue weighted by molar-refractivity contribution is 0.0913. The van der Waals surface area contributed by atoms with Gasteiger partial charge in [0.05, 0.1) is 13.2 Å². The van der Waals surface area contributed by atoms with Gasteiger partial charge in [-0.2, -0.15) is 0 Å². The zero-order valence-electron chi connectivity index (χ0n) is 12.8. The summed E-state index contributed by atoms with van der Waals surface area (Å²) in [6.45, 7) is 2.94. The maximum absolute atomic E-state index is 11.8. The molecule has 1 aromatic heterocycles. The van der Waals surface area contributed by atoms with E-state index in [0.29, 0.717) is 12.3 Å². The highest BCUT2D eigenvalue weighted by molar-refractivity contribution is 5.92. The van der Waals surface area contributed by atoms with E-state index < -0.39 is 0 Å². The fourth-order valence-corrected chi connectivity index (χ4v) is 2.05. The SMILES string of the molecule is CC(CO)NC(=O)c1cc(CN(C)Cc2ccccc2)on1. The van der Waals surface area contributed by atoms with Crippen molar-refractivity contribution >= 4 is 5.91 Å². The van der Waals surface area contributed by atoms with Gasteiger partial charge in [-0.1, -0.05) is 35.5 Å². The standard InChI is InChI=1S/C16H21N3O3/c1-12(11-20)17-16(21)15-8-14(22-18-15)10-19(2)9-13-6-4-3-5-7-13/h3-8,12,20H,9-11H2,1-2H3,(H,17,21). The Morgan fingerprint density at radius 3 is 2.77 bits per heavy atom. The van der Waals surface area contributed by atoms with Crippen LogP contribution >= 0.6 is 0 Å². The number of rotatable bonds is 7. The van der Waals surface area contributed by atoms with Gasteiger partial charge in [0.15, 0.2) is 11.5 Å². The molecule has 0 bridgehead atoms. The minimum absolute atomic E-state index is 0.115. The molecule has 1 aromatic carbocycles. The average Bonchev–Trinajstić information content (AvgIpc) is 2.96. The normalized spacial score (nSPS) is 12.4. The third kappa shape index (κ3) is 4.68. The van der Waals surface area contributed by atoms with Crippen LogP contribution in [0.2, 0.25) is 0 Å². The third-order valence-corrected chi connectivity index (χ3v) is 3.16. The van der Waals surface area contributed by atoms with Gasteiger partial charge >= 0.3 is 0 Å². The van der Waals surface area contributed by atoms with Crippen LogP contribution in [0, 0.1) is 0 Å². The first kappa shape index (κ1) is 16.2. The van der Waals surface area contributed by atoms with Gasteiger partial charge in [0.1, 0.15) is 0 Å². The van der Waals surface area contributed by atoms with Crippen molar-refractivity contribution in [3.8, 4) is 0 Å². The quantitative estimate of drug-likeness (QED) is 0.809. The number of benzene rings is 1. The zero-order chi connectivity index (χ0) is 15.9. The molecule has 0 aliphatic heterocycles. The number of nitrogens with one attached hydrogen (secondary N) is 1. The maximum Gasteiger partial charge on any atom is 0.273 e. The first-order chi connectivity index (χ1) is 10.6. The molecule has 1 unspecified atom stereocenters. The van der Waals surface area contributed by atoms with Crippen LogP contribution in [0.4, 0.5) is 0 Å². The molecule has 1 heterocycles. The number of aromatic nitrogens is 1. The van der Waals surface area contributed by atoms with E-state index in [4.69, 9.17) is 9.63 Å². The molecule has 2 N–H and O–H groups in total. The predicted octanol–water partition coefficient (Wildman–Crippen LogP) is 1.42. The van der Waals surface area contributed by atoms with E-state index in [2.05, 4.69) is 27.5 Å². The van der Waals surface area contributed by atoms with E-state index in [0.717, 1.165) is 6.54 Å². The van der Waals surface area contributed by atoms with Crippen molar-refractivity contribution in [2.45, 2.75) is 26.1 Å². The Morgan fingerprint density at radius 2 is 2.09 bits per heavy atom. The fourth-order valence-electron chi connectivity index (χ4n) is 2.05. The van der Waals surface area contributed by atoms with Crippen LogP contribution in [-0.4, -0.2) is 40.8 Å². The topological polar surface area (TPSA) is 78.6 Å². The summed E-state index contributed by atoms with van der Waals surface area (Å²) in [4.78, 5) is 13.9. The number of aliphatic hydroxyl groups is 1. The molecule has 1 amide bonds. The molecule has 118 valence electrons. The summed E-state index contributed by atoms with van der Waals surface area (Å²) < 4.78 is 5.19. The summed E-state index contributed by atoms with van der Waals surface area (Å²) in [5.41, 5.74) is 1.43. The first-order valence-electron chi connectivity index (χ1n) is 7.18. The largest absolute Gasteiger partial charge is 0.394 e. The number of amides is 1. The van der Waals surface area contributed by atoms with Crippen LogP contribution in [0.5, 0.6) is 0 Å². The van der Waals surface area contributed by atoms with Crippen LogP contribution in [0.25, 0.3) is 0 Å². The van der Waals surface area contributed by atoms with Gasteiger partial charge in [-0.05, 0) is 19.5 Å². The molecule has 6 heteroatoms. The molecular weight excluding hydrogens is 282 g/mol. The van der Waals surface area contributed by atoms with Gasteiger partial charge in [0.2, 0.25) is 0 Å². The number of hydrogen-bond acceptors (Lipinski definition) is 5. The van der Waals surface area contributed by atoms with E-state index in [-0.39, 0.29) is 24.2 Å². The van der Waals surface area contributed by atoms with Gasteiger partial charge < -0.3 is 14.9 Å². The Labute approximate surface area is 129 Å². The van der Waals surface area contributed by atoms with Crippen molar-refractivity contribution in [3.05, 3.63) is 53.4 Å². The number of carbonyl (C=O) groups is 1. The lowest BCUT2D eigenvalue weighted by Crippen LogP contribution is -2.35. The summed E-state index contributed by atoms with van der Waals surface area (Å²) in [6.07, 6.45) is 0. The zero-order valence-corrected chi connectivity index (χ0v) is 12.8. The minimum atomic E-state index is -0.345. The molecule has 0 saturated heterocycles. The molecule has 0 radical (unpaired) electrons. The predicted molar refractivity (Wildman–Crippen MR) is 82.1 cm³/mol. The minimum Gasteiger partial charge on any atom is -0.394 e. The Morgan fingerprint density at radius 1 is 1.36 bits per heavy atom. The summed E-state index contributed by atoms with van der Waals surface area (Å²) in [5.74, 6) is 0.280. The second kappa shape index (κ2) is 7.72. The smallest absolute Gasteiger partial charge is 0.273 e. The second-order valence-corrected chi connectivity index (χ2v) is 5.39. The van der Waals surface area contributed by atoms with E-state index >= 15 is 0 Å². The first-order valence-corrected chi connectivity index (χ1v) is 7.18. The second-order valence-electron chi connectivity index (χ2n) is 5.39. The average molecular weight is 303 g/mol. The molecule has 0 spiro atoms. The van der Waals surface area contributed by atoms with Crippen LogP contribution in [0.1, 0.15) is 28.7 Å². The van der Waals surface area contributed by atoms with Crippen molar-refractivity contribution in [1.29, 1.82) is 0 Å². The molecular formula is C16H21N3O3. The van der Waals surface area contributed by atoms with E-state index in [1.807, 2.05) is 25.2 Å². The van der Waals surface area contributed by atoms with Gasteiger partial charge in [0.25, 0.3) is 5.91 Å². The van der Waals surface area contributed by atoms with Gasteiger partial charge in [-0.3, -0.25) is 9.69 Å². The molecule has 6 nitrogen and oxygen atoms in total. The van der Waals surface area contributed by atoms with Crippen molar-refractivity contribution in [3.63, 3.8) is 0 Å². The molecule has 0 aliphatic rings. The van der Waals surface area contributed by atoms with Crippen molar-refractivity contribution in [2.75, 3.05) is 13.7 Å². The third-order valence-electron chi connectivity index (χ3n) is 3.16. The monoisotopic (exact) mass is 303 g/mol. The molecule has 22 heavy (non-hydrogen) atoms. The molecule has 0 fully saturated rings. The number of hydrogen-bond donors (Lipinski definition) is 2. The van der Waals surface area contributed by atoms with E-state index in [1.54, 1.807) is 13.0 Å².